The average Bonchev–Trinajstić information content (AvgIpc) is 2.32. The van der Waals surface area contributed by atoms with E-state index in [0.29, 0.717) is 22.7 Å². The highest BCUT2D eigenvalue weighted by Crippen LogP contribution is 2.34. The molecule has 1 unspecified atom stereocenters. The van der Waals surface area contributed by atoms with Crippen molar-refractivity contribution in [3.63, 3.8) is 0 Å². The van der Waals surface area contributed by atoms with E-state index in [1.54, 1.807) is 12.1 Å². The molecule has 94 valence electrons. The Bertz CT molecular complexity index is 394. The Morgan fingerprint density at radius 1 is 1.53 bits per heavy atom. The molecule has 1 atom stereocenters. The van der Waals surface area contributed by atoms with E-state index in [4.69, 9.17) is 4.74 Å². The molecule has 0 fully saturated rings. The Labute approximate surface area is 117 Å². The van der Waals surface area contributed by atoms with Gasteiger partial charge in [-0.2, -0.15) is 0 Å². The summed E-state index contributed by atoms with van der Waals surface area (Å²) in [6, 6.07) is 4.78. The van der Waals surface area contributed by atoms with Crippen LogP contribution in [0.3, 0.4) is 0 Å². The van der Waals surface area contributed by atoms with Crippen molar-refractivity contribution >= 4 is 37.5 Å². The quantitative estimate of drug-likeness (QED) is 0.431. The lowest BCUT2D eigenvalue weighted by molar-refractivity contribution is -0.385. The second kappa shape index (κ2) is 6.96. The van der Waals surface area contributed by atoms with Crippen molar-refractivity contribution in [1.82, 2.24) is 0 Å². The van der Waals surface area contributed by atoms with Gasteiger partial charge in [-0.25, -0.2) is 0 Å². The number of hydrogen-bond acceptors (Lipinski definition) is 3. The van der Waals surface area contributed by atoms with Gasteiger partial charge in [-0.15, -0.1) is 0 Å². The van der Waals surface area contributed by atoms with Gasteiger partial charge in [0.25, 0.3) is 5.69 Å². The van der Waals surface area contributed by atoms with Gasteiger partial charge >= 0.3 is 0 Å². The molecule has 0 bridgehead atoms. The van der Waals surface area contributed by atoms with Crippen LogP contribution < -0.4 is 4.74 Å². The Morgan fingerprint density at radius 2 is 2.24 bits per heavy atom. The number of nitrogens with zero attached hydrogens (tertiary/aromatic N) is 1. The summed E-state index contributed by atoms with van der Waals surface area (Å²) in [5, 5.41) is 11.6. The van der Waals surface area contributed by atoms with Gasteiger partial charge in [-0.3, -0.25) is 10.1 Å². The van der Waals surface area contributed by atoms with E-state index >= 15 is 0 Å². The molecule has 0 heterocycles. The summed E-state index contributed by atoms with van der Waals surface area (Å²) in [6.07, 6.45) is 0.998. The molecule has 0 radical (unpaired) electrons. The largest absolute Gasteiger partial charge is 0.492 e. The zero-order valence-electron chi connectivity index (χ0n) is 9.36. The first-order valence-electron chi connectivity index (χ1n) is 5.21. The highest BCUT2D eigenvalue weighted by atomic mass is 79.9. The van der Waals surface area contributed by atoms with Gasteiger partial charge < -0.3 is 4.74 Å². The van der Waals surface area contributed by atoms with Gasteiger partial charge in [-0.1, -0.05) is 28.9 Å². The molecule has 0 aromatic heterocycles. The number of benzene rings is 1. The van der Waals surface area contributed by atoms with Gasteiger partial charge in [0.2, 0.25) is 0 Å². The molecular formula is C11H13Br2NO3. The Morgan fingerprint density at radius 3 is 2.76 bits per heavy atom. The number of alkyl halides is 1. The van der Waals surface area contributed by atoms with Crippen LogP contribution in [-0.2, 0) is 0 Å². The van der Waals surface area contributed by atoms with Gasteiger partial charge in [0.1, 0.15) is 10.2 Å². The second-order valence-corrected chi connectivity index (χ2v) is 5.03. The van der Waals surface area contributed by atoms with Crippen LogP contribution in [0.4, 0.5) is 5.69 Å². The van der Waals surface area contributed by atoms with Gasteiger partial charge in [0, 0.05) is 17.3 Å². The summed E-state index contributed by atoms with van der Waals surface area (Å²) in [5.41, 5.74) is 0.0226. The predicted molar refractivity (Wildman–Crippen MR) is 73.9 cm³/mol. The molecule has 0 saturated heterocycles. The number of nitro groups is 1. The topological polar surface area (TPSA) is 52.4 Å². The molecule has 1 rings (SSSR count). The van der Waals surface area contributed by atoms with Crippen LogP contribution in [-0.4, -0.2) is 16.9 Å². The number of rotatable bonds is 6. The van der Waals surface area contributed by atoms with E-state index in [2.05, 4.69) is 38.8 Å². The van der Waals surface area contributed by atoms with E-state index in [9.17, 15) is 10.1 Å². The van der Waals surface area contributed by atoms with Crippen molar-refractivity contribution in [3.8, 4) is 5.75 Å². The molecule has 4 nitrogen and oxygen atoms in total. The van der Waals surface area contributed by atoms with Crippen LogP contribution in [0.5, 0.6) is 5.75 Å². The first-order valence-corrected chi connectivity index (χ1v) is 7.13. The Hall–Kier alpha value is -0.620. The maximum absolute atomic E-state index is 10.7. The lowest BCUT2D eigenvalue weighted by Crippen LogP contribution is -2.12. The maximum Gasteiger partial charge on any atom is 0.287 e. The van der Waals surface area contributed by atoms with Crippen molar-refractivity contribution in [2.45, 2.75) is 13.3 Å². The van der Waals surface area contributed by atoms with Crippen LogP contribution in [0.1, 0.15) is 13.3 Å². The highest BCUT2D eigenvalue weighted by Gasteiger charge is 2.16. The fourth-order valence-corrected chi connectivity index (χ4v) is 2.40. The van der Waals surface area contributed by atoms with Crippen LogP contribution in [0.2, 0.25) is 0 Å². The molecule has 1 aromatic rings. The van der Waals surface area contributed by atoms with E-state index in [1.165, 1.54) is 6.07 Å². The van der Waals surface area contributed by atoms with Crippen LogP contribution in [0.15, 0.2) is 22.7 Å². The first kappa shape index (κ1) is 14.4. The first-order chi connectivity index (χ1) is 8.10. The van der Waals surface area contributed by atoms with E-state index in [-0.39, 0.29) is 5.69 Å². The summed E-state index contributed by atoms with van der Waals surface area (Å²) in [7, 11) is 0. The number of ether oxygens (including phenoxy) is 1. The third kappa shape index (κ3) is 3.96. The van der Waals surface area contributed by atoms with Gasteiger partial charge in [0.15, 0.2) is 0 Å². The van der Waals surface area contributed by atoms with Crippen LogP contribution >= 0.6 is 31.9 Å². The van der Waals surface area contributed by atoms with Crippen molar-refractivity contribution in [2.75, 3.05) is 11.9 Å². The Kier molecular flexibility index (Phi) is 5.91. The third-order valence-corrected chi connectivity index (χ3v) is 4.12. The minimum Gasteiger partial charge on any atom is -0.492 e. The van der Waals surface area contributed by atoms with Gasteiger partial charge in [0.05, 0.1) is 11.5 Å². The smallest absolute Gasteiger partial charge is 0.287 e. The maximum atomic E-state index is 10.7. The van der Waals surface area contributed by atoms with Crippen molar-refractivity contribution in [3.05, 3.63) is 32.8 Å². The number of halogens is 2. The molecule has 0 aliphatic heterocycles. The summed E-state index contributed by atoms with van der Waals surface area (Å²) in [6.45, 7) is 2.62. The summed E-state index contributed by atoms with van der Waals surface area (Å²) >= 11 is 6.60. The minimum atomic E-state index is -0.432. The lowest BCUT2D eigenvalue weighted by atomic mass is 10.1. The van der Waals surface area contributed by atoms with E-state index < -0.39 is 4.92 Å². The molecule has 17 heavy (non-hydrogen) atoms. The fraction of sp³-hybridized carbons (Fsp3) is 0.455. The van der Waals surface area contributed by atoms with Crippen LogP contribution in [0, 0.1) is 16.0 Å². The van der Waals surface area contributed by atoms with Crippen LogP contribution in [0.25, 0.3) is 0 Å². The molecule has 1 aromatic carbocycles. The fourth-order valence-electron chi connectivity index (χ4n) is 1.23. The third-order valence-electron chi connectivity index (χ3n) is 2.41. The molecule has 0 aliphatic rings. The number of nitro benzene ring substituents is 1. The molecule has 0 amide bonds. The second-order valence-electron chi connectivity index (χ2n) is 3.59. The molecule has 0 saturated carbocycles. The van der Waals surface area contributed by atoms with Crippen molar-refractivity contribution < 1.29 is 9.66 Å². The Balaban J connectivity index is 2.78. The number of hydrogen-bond donors (Lipinski definition) is 0. The monoisotopic (exact) mass is 365 g/mol. The standard InChI is InChI=1S/C11H13Br2NO3/c1-2-8(6-12)7-17-10-5-3-4-9(11(10)13)14(15)16/h3-5,8H,2,6-7H2,1H3. The highest BCUT2D eigenvalue weighted by molar-refractivity contribution is 9.10. The normalized spacial score (nSPS) is 12.2. The zero-order valence-corrected chi connectivity index (χ0v) is 12.5. The van der Waals surface area contributed by atoms with Crippen molar-refractivity contribution in [1.29, 1.82) is 0 Å². The molecule has 0 N–H and O–H groups in total. The summed E-state index contributed by atoms with van der Waals surface area (Å²) in [4.78, 5) is 10.3. The average molecular weight is 367 g/mol. The molecule has 0 spiro atoms. The summed E-state index contributed by atoms with van der Waals surface area (Å²) in [5.74, 6) is 0.916. The molecule has 6 heteroatoms. The predicted octanol–water partition coefficient (Wildman–Crippen LogP) is 4.16. The minimum absolute atomic E-state index is 0.0226. The van der Waals surface area contributed by atoms with Gasteiger partial charge in [-0.05, 0) is 28.4 Å². The molecule has 0 aliphatic carbocycles. The zero-order chi connectivity index (χ0) is 12.8. The molecular weight excluding hydrogens is 354 g/mol. The van der Waals surface area contributed by atoms with Crippen molar-refractivity contribution in [2.24, 2.45) is 5.92 Å². The summed E-state index contributed by atoms with van der Waals surface area (Å²) < 4.78 is 5.99. The van der Waals surface area contributed by atoms with E-state index in [1.807, 2.05) is 0 Å². The SMILES string of the molecule is CCC(CBr)COc1cccc([N+](=O)[O-])c1Br. The lowest BCUT2D eigenvalue weighted by Gasteiger charge is -2.13. The van der Waals surface area contributed by atoms with E-state index in [0.717, 1.165) is 11.8 Å².